The van der Waals surface area contributed by atoms with E-state index < -0.39 is 0 Å². The molecule has 0 spiro atoms. The topological polar surface area (TPSA) is 0 Å². The summed E-state index contributed by atoms with van der Waals surface area (Å²) in [5, 5.41) is 0. The summed E-state index contributed by atoms with van der Waals surface area (Å²) in [6.45, 7) is 10.3. The number of rotatable bonds is 3. The third-order valence-corrected chi connectivity index (χ3v) is 1.63. The highest BCUT2D eigenvalue weighted by Gasteiger charge is 1.97. The largest absolute Gasteiger partial charge is 0.0956 e. The second-order valence-corrected chi connectivity index (χ2v) is 2.38. The fourth-order valence-electron chi connectivity index (χ4n) is 0.641. The van der Waals surface area contributed by atoms with Gasteiger partial charge in [-0.2, -0.15) is 0 Å². The monoisotopic (exact) mass is 124 g/mol. The SMILES string of the molecule is C=C(C=CC)C(C)CC. The summed E-state index contributed by atoms with van der Waals surface area (Å²) in [7, 11) is 0. The predicted octanol–water partition coefficient (Wildman–Crippen LogP) is 3.16. The van der Waals surface area contributed by atoms with E-state index in [9.17, 15) is 0 Å². The maximum atomic E-state index is 3.93. The van der Waals surface area contributed by atoms with Gasteiger partial charge in [0.25, 0.3) is 0 Å². The molecule has 0 aromatic heterocycles. The third kappa shape index (κ3) is 3.12. The lowest BCUT2D eigenvalue weighted by Crippen LogP contribution is -1.91. The van der Waals surface area contributed by atoms with Gasteiger partial charge in [-0.05, 0) is 19.3 Å². The number of allylic oxidation sites excluding steroid dienone is 3. The van der Waals surface area contributed by atoms with E-state index in [-0.39, 0.29) is 0 Å². The zero-order valence-corrected chi connectivity index (χ0v) is 6.65. The normalized spacial score (nSPS) is 14.1. The van der Waals surface area contributed by atoms with Crippen LogP contribution in [0.15, 0.2) is 24.3 Å². The van der Waals surface area contributed by atoms with E-state index in [4.69, 9.17) is 0 Å². The minimum Gasteiger partial charge on any atom is -0.0956 e. The third-order valence-electron chi connectivity index (χ3n) is 1.63. The molecule has 0 saturated heterocycles. The molecule has 0 rings (SSSR count). The zero-order chi connectivity index (χ0) is 7.28. The van der Waals surface area contributed by atoms with Crippen molar-refractivity contribution in [2.24, 2.45) is 5.92 Å². The van der Waals surface area contributed by atoms with Crippen LogP contribution in [0.2, 0.25) is 0 Å². The van der Waals surface area contributed by atoms with Crippen molar-refractivity contribution in [3.05, 3.63) is 24.3 Å². The average Bonchev–Trinajstić information content (AvgIpc) is 1.87. The quantitative estimate of drug-likeness (QED) is 0.507. The van der Waals surface area contributed by atoms with Crippen molar-refractivity contribution >= 4 is 0 Å². The zero-order valence-electron chi connectivity index (χ0n) is 6.65. The van der Waals surface area contributed by atoms with Crippen LogP contribution in [-0.2, 0) is 0 Å². The standard InChI is InChI=1S/C9H16/c1-5-7-9(4)8(3)6-2/h5,7-8H,4,6H2,1-3H3. The van der Waals surface area contributed by atoms with Gasteiger partial charge >= 0.3 is 0 Å². The van der Waals surface area contributed by atoms with Crippen molar-refractivity contribution in [1.82, 2.24) is 0 Å². The minimum absolute atomic E-state index is 0.640. The van der Waals surface area contributed by atoms with Gasteiger partial charge in [0.1, 0.15) is 0 Å². The first-order chi connectivity index (χ1) is 4.22. The highest BCUT2D eigenvalue weighted by Crippen LogP contribution is 2.12. The van der Waals surface area contributed by atoms with Gasteiger partial charge in [0.2, 0.25) is 0 Å². The summed E-state index contributed by atoms with van der Waals surface area (Å²) in [4.78, 5) is 0. The summed E-state index contributed by atoms with van der Waals surface area (Å²) in [5.41, 5.74) is 1.24. The Labute approximate surface area is 58.3 Å². The summed E-state index contributed by atoms with van der Waals surface area (Å²) in [6, 6.07) is 0. The van der Waals surface area contributed by atoms with E-state index in [1.807, 2.05) is 13.0 Å². The van der Waals surface area contributed by atoms with Crippen molar-refractivity contribution in [3.8, 4) is 0 Å². The molecule has 0 aliphatic heterocycles. The average molecular weight is 124 g/mol. The Balaban J connectivity index is 3.73. The van der Waals surface area contributed by atoms with Gasteiger partial charge in [-0.1, -0.05) is 38.2 Å². The van der Waals surface area contributed by atoms with Crippen molar-refractivity contribution in [1.29, 1.82) is 0 Å². The van der Waals surface area contributed by atoms with Crippen LogP contribution in [0.4, 0.5) is 0 Å². The molecule has 0 N–H and O–H groups in total. The highest BCUT2D eigenvalue weighted by molar-refractivity contribution is 5.15. The lowest BCUT2D eigenvalue weighted by atomic mass is 10.00. The number of hydrogen-bond donors (Lipinski definition) is 0. The van der Waals surface area contributed by atoms with Crippen molar-refractivity contribution in [2.45, 2.75) is 27.2 Å². The second-order valence-electron chi connectivity index (χ2n) is 2.38. The van der Waals surface area contributed by atoms with Gasteiger partial charge in [0, 0.05) is 0 Å². The van der Waals surface area contributed by atoms with Crippen LogP contribution in [0.25, 0.3) is 0 Å². The molecule has 1 unspecified atom stereocenters. The van der Waals surface area contributed by atoms with Gasteiger partial charge in [-0.3, -0.25) is 0 Å². The van der Waals surface area contributed by atoms with Gasteiger partial charge in [-0.15, -0.1) is 0 Å². The van der Waals surface area contributed by atoms with Crippen LogP contribution < -0.4 is 0 Å². The Morgan fingerprint density at radius 3 is 2.56 bits per heavy atom. The van der Waals surface area contributed by atoms with E-state index in [0.717, 1.165) is 0 Å². The second kappa shape index (κ2) is 4.37. The van der Waals surface area contributed by atoms with Gasteiger partial charge in [-0.25, -0.2) is 0 Å². The van der Waals surface area contributed by atoms with E-state index in [1.54, 1.807) is 0 Å². The predicted molar refractivity (Wildman–Crippen MR) is 43.4 cm³/mol. The first kappa shape index (κ1) is 8.48. The molecule has 52 valence electrons. The molecule has 0 aromatic rings. The maximum Gasteiger partial charge on any atom is -0.0199 e. The first-order valence-corrected chi connectivity index (χ1v) is 3.53. The molecule has 0 heterocycles. The molecule has 0 heteroatoms. The molecule has 0 radical (unpaired) electrons. The van der Waals surface area contributed by atoms with Crippen LogP contribution >= 0.6 is 0 Å². The number of hydrogen-bond acceptors (Lipinski definition) is 0. The summed E-state index contributed by atoms with van der Waals surface area (Å²) in [5.74, 6) is 0.640. The Hall–Kier alpha value is -0.520. The maximum absolute atomic E-state index is 3.93. The molecule has 0 saturated carbocycles. The molecule has 0 amide bonds. The Morgan fingerprint density at radius 1 is 1.67 bits per heavy atom. The van der Waals surface area contributed by atoms with E-state index in [2.05, 4.69) is 26.5 Å². The molecular formula is C9H16. The Bertz CT molecular complexity index is 109. The van der Waals surface area contributed by atoms with Gasteiger partial charge in [0.15, 0.2) is 0 Å². The lowest BCUT2D eigenvalue weighted by Gasteiger charge is -2.06. The van der Waals surface area contributed by atoms with Crippen LogP contribution in [0.5, 0.6) is 0 Å². The van der Waals surface area contributed by atoms with Gasteiger partial charge in [0.05, 0.1) is 0 Å². The van der Waals surface area contributed by atoms with Crippen LogP contribution in [0.3, 0.4) is 0 Å². The fourth-order valence-corrected chi connectivity index (χ4v) is 0.641. The van der Waals surface area contributed by atoms with Crippen LogP contribution in [0.1, 0.15) is 27.2 Å². The van der Waals surface area contributed by atoms with E-state index in [1.165, 1.54) is 12.0 Å². The lowest BCUT2D eigenvalue weighted by molar-refractivity contribution is 0.672. The molecule has 0 aliphatic carbocycles. The van der Waals surface area contributed by atoms with Crippen LogP contribution in [-0.4, -0.2) is 0 Å². The molecular weight excluding hydrogens is 108 g/mol. The Kier molecular flexibility index (Phi) is 4.12. The smallest absolute Gasteiger partial charge is 0.0199 e. The van der Waals surface area contributed by atoms with Crippen molar-refractivity contribution in [3.63, 3.8) is 0 Å². The molecule has 1 atom stereocenters. The summed E-state index contributed by atoms with van der Waals surface area (Å²) < 4.78 is 0. The molecule has 0 aliphatic rings. The molecule has 0 aromatic carbocycles. The minimum atomic E-state index is 0.640. The van der Waals surface area contributed by atoms with Gasteiger partial charge < -0.3 is 0 Å². The molecule has 0 bridgehead atoms. The molecule has 9 heavy (non-hydrogen) atoms. The highest BCUT2D eigenvalue weighted by atomic mass is 14.0. The van der Waals surface area contributed by atoms with E-state index in [0.29, 0.717) is 5.92 Å². The van der Waals surface area contributed by atoms with Crippen molar-refractivity contribution < 1.29 is 0 Å². The first-order valence-electron chi connectivity index (χ1n) is 3.53. The molecule has 0 nitrogen and oxygen atoms in total. The summed E-state index contributed by atoms with van der Waals surface area (Å²) >= 11 is 0. The van der Waals surface area contributed by atoms with Crippen molar-refractivity contribution in [2.75, 3.05) is 0 Å². The summed E-state index contributed by atoms with van der Waals surface area (Å²) in [6.07, 6.45) is 5.30. The van der Waals surface area contributed by atoms with E-state index >= 15 is 0 Å². The molecule has 0 fully saturated rings. The fraction of sp³-hybridized carbons (Fsp3) is 0.556. The van der Waals surface area contributed by atoms with Crippen LogP contribution in [0, 0.1) is 5.92 Å². The Morgan fingerprint density at radius 2 is 2.22 bits per heavy atom.